The van der Waals surface area contributed by atoms with E-state index in [1.165, 1.54) is 0 Å². The number of nitrogens with one attached hydrogen (secondary N) is 1. The zero-order chi connectivity index (χ0) is 13.7. The molecule has 1 aromatic carbocycles. The second-order valence-corrected chi connectivity index (χ2v) is 4.14. The Morgan fingerprint density at radius 2 is 2.21 bits per heavy atom. The van der Waals surface area contributed by atoms with E-state index in [9.17, 15) is 4.79 Å². The highest BCUT2D eigenvalue weighted by Crippen LogP contribution is 2.25. The molecule has 0 aliphatic rings. The number of furan rings is 1. The van der Waals surface area contributed by atoms with Crippen molar-refractivity contribution in [2.75, 3.05) is 27.4 Å². The molecule has 0 spiro atoms. The van der Waals surface area contributed by atoms with E-state index in [0.29, 0.717) is 19.6 Å². The predicted molar refractivity (Wildman–Crippen MR) is 71.4 cm³/mol. The van der Waals surface area contributed by atoms with Crippen LogP contribution in [0, 0.1) is 0 Å². The maximum absolute atomic E-state index is 11.7. The smallest absolute Gasteiger partial charge is 0.224 e. The third-order valence-electron chi connectivity index (χ3n) is 2.84. The van der Waals surface area contributed by atoms with Crippen molar-refractivity contribution in [2.45, 2.75) is 6.42 Å². The Bertz CT molecular complexity index is 562. The first-order chi connectivity index (χ1) is 9.24. The summed E-state index contributed by atoms with van der Waals surface area (Å²) in [6.07, 6.45) is 1.91. The number of hydrogen-bond donors (Lipinski definition) is 1. The Kier molecular flexibility index (Phi) is 4.41. The van der Waals surface area contributed by atoms with Gasteiger partial charge in [-0.1, -0.05) is 0 Å². The minimum Gasteiger partial charge on any atom is -0.497 e. The molecule has 0 aliphatic heterocycles. The quantitative estimate of drug-likeness (QED) is 0.806. The van der Waals surface area contributed by atoms with Crippen molar-refractivity contribution in [1.29, 1.82) is 0 Å². The highest BCUT2D eigenvalue weighted by Gasteiger charge is 2.10. The van der Waals surface area contributed by atoms with Crippen molar-refractivity contribution in [3.05, 3.63) is 30.0 Å². The van der Waals surface area contributed by atoms with Gasteiger partial charge >= 0.3 is 0 Å². The molecule has 1 N–H and O–H groups in total. The van der Waals surface area contributed by atoms with Crippen LogP contribution in [0.3, 0.4) is 0 Å². The molecule has 1 amide bonds. The molecule has 0 atom stereocenters. The molecule has 0 saturated carbocycles. The number of fused-ring (bicyclic) bond motifs is 1. The van der Waals surface area contributed by atoms with Crippen LogP contribution in [0.2, 0.25) is 0 Å². The second kappa shape index (κ2) is 6.24. The Labute approximate surface area is 111 Å². The molecule has 5 nitrogen and oxygen atoms in total. The van der Waals surface area contributed by atoms with Gasteiger partial charge in [-0.3, -0.25) is 4.79 Å². The van der Waals surface area contributed by atoms with E-state index in [2.05, 4.69) is 5.32 Å². The molecule has 0 radical (unpaired) electrons. The lowest BCUT2D eigenvalue weighted by Crippen LogP contribution is -2.28. The number of ether oxygens (including phenoxy) is 2. The van der Waals surface area contributed by atoms with Crippen LogP contribution >= 0.6 is 0 Å². The van der Waals surface area contributed by atoms with Crippen LogP contribution in [0.4, 0.5) is 0 Å². The number of rotatable bonds is 6. The second-order valence-electron chi connectivity index (χ2n) is 4.14. The summed E-state index contributed by atoms with van der Waals surface area (Å²) in [5.74, 6) is 0.688. The number of carbonyl (C=O) groups excluding carboxylic acids is 1. The summed E-state index contributed by atoms with van der Waals surface area (Å²) in [7, 11) is 3.21. The molecule has 2 rings (SSSR count). The summed E-state index contributed by atoms with van der Waals surface area (Å²) in [5, 5.41) is 3.71. The van der Waals surface area contributed by atoms with Crippen LogP contribution in [-0.4, -0.2) is 33.3 Å². The molecule has 0 saturated heterocycles. The lowest BCUT2D eigenvalue weighted by Gasteiger charge is -2.03. The maximum atomic E-state index is 11.7. The van der Waals surface area contributed by atoms with Gasteiger partial charge in [0.15, 0.2) is 0 Å². The van der Waals surface area contributed by atoms with Crippen molar-refractivity contribution < 1.29 is 18.7 Å². The van der Waals surface area contributed by atoms with Crippen LogP contribution < -0.4 is 10.1 Å². The van der Waals surface area contributed by atoms with Gasteiger partial charge in [-0.25, -0.2) is 0 Å². The molecule has 2 aromatic rings. The van der Waals surface area contributed by atoms with Gasteiger partial charge in [-0.15, -0.1) is 0 Å². The SMILES string of the molecule is COCCNC(=O)Cc1coc2cc(OC)ccc12. The molecule has 102 valence electrons. The van der Waals surface area contributed by atoms with Gasteiger partial charge in [0.2, 0.25) is 5.91 Å². The van der Waals surface area contributed by atoms with E-state index in [-0.39, 0.29) is 5.91 Å². The fourth-order valence-corrected chi connectivity index (χ4v) is 1.86. The topological polar surface area (TPSA) is 60.7 Å². The lowest BCUT2D eigenvalue weighted by molar-refractivity contribution is -0.120. The number of methoxy groups -OCH3 is 2. The fourth-order valence-electron chi connectivity index (χ4n) is 1.86. The molecular formula is C14H17NO4. The van der Waals surface area contributed by atoms with Crippen LogP contribution in [-0.2, 0) is 16.0 Å². The lowest BCUT2D eigenvalue weighted by atomic mass is 10.1. The minimum atomic E-state index is -0.0458. The van der Waals surface area contributed by atoms with Crippen molar-refractivity contribution in [2.24, 2.45) is 0 Å². The van der Waals surface area contributed by atoms with Crippen LogP contribution in [0.15, 0.2) is 28.9 Å². The zero-order valence-electron chi connectivity index (χ0n) is 11.1. The first-order valence-corrected chi connectivity index (χ1v) is 6.04. The number of hydrogen-bond acceptors (Lipinski definition) is 4. The van der Waals surface area contributed by atoms with E-state index >= 15 is 0 Å². The normalized spacial score (nSPS) is 10.6. The predicted octanol–water partition coefficient (Wildman–Crippen LogP) is 1.75. The van der Waals surface area contributed by atoms with E-state index < -0.39 is 0 Å². The Morgan fingerprint density at radius 3 is 2.95 bits per heavy atom. The maximum Gasteiger partial charge on any atom is 0.224 e. The third kappa shape index (κ3) is 3.26. The van der Waals surface area contributed by atoms with Crippen molar-refractivity contribution >= 4 is 16.9 Å². The van der Waals surface area contributed by atoms with E-state index in [0.717, 1.165) is 22.3 Å². The average molecular weight is 263 g/mol. The first kappa shape index (κ1) is 13.4. The van der Waals surface area contributed by atoms with Gasteiger partial charge in [0.25, 0.3) is 0 Å². The molecule has 0 fully saturated rings. The van der Waals surface area contributed by atoms with Crippen molar-refractivity contribution in [3.63, 3.8) is 0 Å². The highest BCUT2D eigenvalue weighted by atomic mass is 16.5. The van der Waals surface area contributed by atoms with E-state index in [1.807, 2.05) is 18.2 Å². The largest absolute Gasteiger partial charge is 0.497 e. The van der Waals surface area contributed by atoms with Crippen LogP contribution in [0.1, 0.15) is 5.56 Å². The summed E-state index contributed by atoms with van der Waals surface area (Å²) in [4.78, 5) is 11.7. The molecular weight excluding hydrogens is 246 g/mol. The third-order valence-corrected chi connectivity index (χ3v) is 2.84. The summed E-state index contributed by atoms with van der Waals surface area (Å²) in [6.45, 7) is 1.02. The van der Waals surface area contributed by atoms with Gasteiger partial charge < -0.3 is 19.2 Å². The van der Waals surface area contributed by atoms with Gasteiger partial charge in [0.1, 0.15) is 11.3 Å². The first-order valence-electron chi connectivity index (χ1n) is 6.04. The summed E-state index contributed by atoms with van der Waals surface area (Å²) in [5.41, 5.74) is 1.59. The molecule has 0 unspecified atom stereocenters. The van der Waals surface area contributed by atoms with Crippen LogP contribution in [0.5, 0.6) is 5.75 Å². The monoisotopic (exact) mass is 263 g/mol. The minimum absolute atomic E-state index is 0.0458. The highest BCUT2D eigenvalue weighted by molar-refractivity contribution is 5.88. The molecule has 19 heavy (non-hydrogen) atoms. The standard InChI is InChI=1S/C14H17NO4/c1-17-6-5-15-14(16)7-10-9-19-13-8-11(18-2)3-4-12(10)13/h3-4,8-9H,5-7H2,1-2H3,(H,15,16). The molecule has 0 bridgehead atoms. The molecule has 5 heteroatoms. The fraction of sp³-hybridized carbons (Fsp3) is 0.357. The van der Waals surface area contributed by atoms with E-state index in [4.69, 9.17) is 13.9 Å². The van der Waals surface area contributed by atoms with E-state index in [1.54, 1.807) is 20.5 Å². The van der Waals surface area contributed by atoms with Crippen molar-refractivity contribution in [1.82, 2.24) is 5.32 Å². The number of benzene rings is 1. The molecule has 0 aliphatic carbocycles. The Hall–Kier alpha value is -2.01. The number of carbonyl (C=O) groups is 1. The summed E-state index contributed by atoms with van der Waals surface area (Å²) < 4.78 is 15.4. The number of amides is 1. The Morgan fingerprint density at radius 1 is 1.37 bits per heavy atom. The molecule has 1 heterocycles. The average Bonchev–Trinajstić information content (AvgIpc) is 2.81. The molecule has 1 aromatic heterocycles. The Balaban J connectivity index is 2.06. The van der Waals surface area contributed by atoms with Gasteiger partial charge in [0, 0.05) is 30.7 Å². The zero-order valence-corrected chi connectivity index (χ0v) is 11.1. The van der Waals surface area contributed by atoms with Gasteiger partial charge in [0.05, 0.1) is 26.4 Å². The van der Waals surface area contributed by atoms with Crippen molar-refractivity contribution in [3.8, 4) is 5.75 Å². The summed E-state index contributed by atoms with van der Waals surface area (Å²) in [6, 6.07) is 5.56. The summed E-state index contributed by atoms with van der Waals surface area (Å²) >= 11 is 0. The van der Waals surface area contributed by atoms with Gasteiger partial charge in [-0.2, -0.15) is 0 Å². The van der Waals surface area contributed by atoms with Crippen LogP contribution in [0.25, 0.3) is 11.0 Å². The van der Waals surface area contributed by atoms with Gasteiger partial charge in [-0.05, 0) is 12.1 Å².